The van der Waals surface area contributed by atoms with Crippen molar-refractivity contribution in [1.29, 1.82) is 0 Å². The zero-order chi connectivity index (χ0) is 16.0. The molecule has 21 heavy (non-hydrogen) atoms. The third kappa shape index (κ3) is 5.69. The van der Waals surface area contributed by atoms with E-state index in [-0.39, 0.29) is 6.09 Å². The molecule has 0 unspecified atom stereocenters. The summed E-state index contributed by atoms with van der Waals surface area (Å²) in [5, 5.41) is 4.30. The van der Waals surface area contributed by atoms with E-state index < -0.39 is 5.60 Å². The molecular formula is C15H26BrN3O2. The summed E-state index contributed by atoms with van der Waals surface area (Å²) in [5.41, 5.74) is -0.430. The van der Waals surface area contributed by atoms with Gasteiger partial charge in [-0.1, -0.05) is 13.8 Å². The van der Waals surface area contributed by atoms with E-state index >= 15 is 0 Å². The number of rotatable bonds is 1. The van der Waals surface area contributed by atoms with E-state index in [1.54, 1.807) is 11.1 Å². The summed E-state index contributed by atoms with van der Waals surface area (Å²) in [6.07, 6.45) is 5.38. The third-order valence-corrected chi connectivity index (χ3v) is 3.47. The Kier molecular flexibility index (Phi) is 6.71. The largest absolute Gasteiger partial charge is 0.444 e. The minimum atomic E-state index is -0.430. The number of piperidine rings is 1. The van der Waals surface area contributed by atoms with E-state index in [0.717, 1.165) is 30.4 Å². The number of halogens is 1. The molecule has 2 heterocycles. The molecule has 1 aliphatic heterocycles. The highest BCUT2D eigenvalue weighted by Crippen LogP contribution is 2.24. The first kappa shape index (κ1) is 18.0. The highest BCUT2D eigenvalue weighted by Gasteiger charge is 2.27. The van der Waals surface area contributed by atoms with Gasteiger partial charge in [-0.25, -0.2) is 4.79 Å². The van der Waals surface area contributed by atoms with Crippen LogP contribution in [0.15, 0.2) is 16.9 Å². The second-order valence-electron chi connectivity index (χ2n) is 5.84. The van der Waals surface area contributed by atoms with Crippen molar-refractivity contribution in [1.82, 2.24) is 14.7 Å². The maximum Gasteiger partial charge on any atom is 0.410 e. The number of likely N-dealkylation sites (tertiary alicyclic amines) is 1. The molecule has 1 aliphatic rings. The standard InChI is InChI=1S/C13H20BrN3O2.C2H6/c1-13(2,3)19-12(18)16-6-4-11(5-7-16)17-9-10(14)8-15-17;1-2/h8-9,11H,4-7H2,1-3H3;1-2H3. The van der Waals surface area contributed by atoms with Crippen molar-refractivity contribution in [2.24, 2.45) is 0 Å². The van der Waals surface area contributed by atoms with Crippen molar-refractivity contribution in [3.63, 3.8) is 0 Å². The van der Waals surface area contributed by atoms with Crippen molar-refractivity contribution in [3.8, 4) is 0 Å². The first-order chi connectivity index (χ1) is 9.85. The molecule has 120 valence electrons. The van der Waals surface area contributed by atoms with Gasteiger partial charge in [-0.05, 0) is 49.5 Å². The molecule has 0 N–H and O–H groups in total. The van der Waals surface area contributed by atoms with Crippen molar-refractivity contribution >= 4 is 22.0 Å². The van der Waals surface area contributed by atoms with Crippen LogP contribution in [0.4, 0.5) is 4.79 Å². The minimum absolute atomic E-state index is 0.215. The second-order valence-corrected chi connectivity index (χ2v) is 6.75. The van der Waals surface area contributed by atoms with Gasteiger partial charge in [0.1, 0.15) is 5.60 Å². The van der Waals surface area contributed by atoms with Crippen molar-refractivity contribution in [2.45, 2.75) is 59.1 Å². The fourth-order valence-corrected chi connectivity index (χ4v) is 2.46. The molecule has 0 atom stereocenters. The van der Waals surface area contributed by atoms with Crippen molar-refractivity contribution in [3.05, 3.63) is 16.9 Å². The molecule has 1 aromatic rings. The van der Waals surface area contributed by atoms with Crippen molar-refractivity contribution in [2.75, 3.05) is 13.1 Å². The van der Waals surface area contributed by atoms with Gasteiger partial charge in [0.2, 0.25) is 0 Å². The van der Waals surface area contributed by atoms with Gasteiger partial charge in [-0.2, -0.15) is 5.10 Å². The zero-order valence-corrected chi connectivity index (χ0v) is 15.2. The molecule has 0 aromatic carbocycles. The van der Waals surface area contributed by atoms with Gasteiger partial charge in [0.25, 0.3) is 0 Å². The molecule has 1 fully saturated rings. The summed E-state index contributed by atoms with van der Waals surface area (Å²) in [6, 6.07) is 0.366. The molecule has 6 heteroatoms. The van der Waals surface area contributed by atoms with E-state index in [0.29, 0.717) is 6.04 Å². The van der Waals surface area contributed by atoms with E-state index in [1.807, 2.05) is 45.5 Å². The Morgan fingerprint density at radius 3 is 2.33 bits per heavy atom. The topological polar surface area (TPSA) is 47.4 Å². The highest BCUT2D eigenvalue weighted by atomic mass is 79.9. The number of hydrogen-bond acceptors (Lipinski definition) is 3. The van der Waals surface area contributed by atoms with Gasteiger partial charge in [0.15, 0.2) is 0 Å². The molecule has 1 amide bonds. The SMILES string of the molecule is CC.CC(C)(C)OC(=O)N1CCC(n2cc(Br)cn2)CC1. The van der Waals surface area contributed by atoms with Gasteiger partial charge in [0, 0.05) is 19.3 Å². The fraction of sp³-hybridized carbons (Fsp3) is 0.733. The average Bonchev–Trinajstić information content (AvgIpc) is 2.86. The lowest BCUT2D eigenvalue weighted by Gasteiger charge is -2.33. The lowest BCUT2D eigenvalue weighted by molar-refractivity contribution is 0.0185. The molecule has 0 bridgehead atoms. The van der Waals surface area contributed by atoms with Gasteiger partial charge < -0.3 is 9.64 Å². The number of aromatic nitrogens is 2. The molecule has 0 spiro atoms. The smallest absolute Gasteiger partial charge is 0.410 e. The lowest BCUT2D eigenvalue weighted by Crippen LogP contribution is -2.42. The Bertz CT molecular complexity index is 446. The number of nitrogens with zero attached hydrogens (tertiary/aromatic N) is 3. The van der Waals surface area contributed by atoms with Gasteiger partial charge in [-0.15, -0.1) is 0 Å². The summed E-state index contributed by atoms with van der Waals surface area (Å²) in [5.74, 6) is 0. The summed E-state index contributed by atoms with van der Waals surface area (Å²) in [6.45, 7) is 11.1. The average molecular weight is 360 g/mol. The number of amides is 1. The Hall–Kier alpha value is -1.04. The van der Waals surface area contributed by atoms with Crippen LogP contribution in [-0.4, -0.2) is 39.5 Å². The third-order valence-electron chi connectivity index (χ3n) is 3.06. The first-order valence-corrected chi connectivity index (χ1v) is 8.32. The maximum atomic E-state index is 11.9. The molecule has 0 aliphatic carbocycles. The van der Waals surface area contributed by atoms with Crippen LogP contribution in [0.5, 0.6) is 0 Å². The van der Waals surface area contributed by atoms with Gasteiger partial charge in [-0.3, -0.25) is 4.68 Å². The molecule has 1 aromatic heterocycles. The summed E-state index contributed by atoms with van der Waals surface area (Å²) in [4.78, 5) is 13.7. The number of ether oxygens (including phenoxy) is 1. The summed E-state index contributed by atoms with van der Waals surface area (Å²) in [7, 11) is 0. The molecule has 1 saturated heterocycles. The Balaban J connectivity index is 0.00000106. The Morgan fingerprint density at radius 1 is 1.33 bits per heavy atom. The molecule has 0 radical (unpaired) electrons. The molecule has 0 saturated carbocycles. The van der Waals surface area contributed by atoms with Crippen LogP contribution in [0.3, 0.4) is 0 Å². The lowest BCUT2D eigenvalue weighted by atomic mass is 10.1. The first-order valence-electron chi connectivity index (χ1n) is 7.53. The fourth-order valence-electron chi connectivity index (χ4n) is 2.15. The number of carbonyl (C=O) groups excluding carboxylic acids is 1. The Labute approximate surface area is 135 Å². The molecule has 2 rings (SSSR count). The van der Waals surface area contributed by atoms with Gasteiger partial charge in [0.05, 0.1) is 16.7 Å². The maximum absolute atomic E-state index is 11.9. The molecular weight excluding hydrogens is 334 g/mol. The van der Waals surface area contributed by atoms with Crippen LogP contribution in [-0.2, 0) is 4.74 Å². The van der Waals surface area contributed by atoms with E-state index in [1.165, 1.54) is 0 Å². The van der Waals surface area contributed by atoms with Gasteiger partial charge >= 0.3 is 6.09 Å². The van der Waals surface area contributed by atoms with Crippen LogP contribution >= 0.6 is 15.9 Å². The normalized spacial score (nSPS) is 16.2. The Morgan fingerprint density at radius 2 is 1.90 bits per heavy atom. The monoisotopic (exact) mass is 359 g/mol. The summed E-state index contributed by atoms with van der Waals surface area (Å²) < 4.78 is 8.34. The molecule has 5 nitrogen and oxygen atoms in total. The van der Waals surface area contributed by atoms with Crippen LogP contribution < -0.4 is 0 Å². The van der Waals surface area contributed by atoms with Crippen molar-refractivity contribution < 1.29 is 9.53 Å². The van der Waals surface area contributed by atoms with E-state index in [2.05, 4.69) is 21.0 Å². The predicted molar refractivity (Wildman–Crippen MR) is 87.4 cm³/mol. The van der Waals surface area contributed by atoms with Crippen LogP contribution in [0.1, 0.15) is 53.5 Å². The van der Waals surface area contributed by atoms with E-state index in [9.17, 15) is 4.79 Å². The van der Waals surface area contributed by atoms with E-state index in [4.69, 9.17) is 4.74 Å². The zero-order valence-electron chi connectivity index (χ0n) is 13.6. The second kappa shape index (κ2) is 7.82. The van der Waals surface area contributed by atoms with Crippen LogP contribution in [0.25, 0.3) is 0 Å². The van der Waals surface area contributed by atoms with Crippen LogP contribution in [0, 0.1) is 0 Å². The minimum Gasteiger partial charge on any atom is -0.444 e. The summed E-state index contributed by atoms with van der Waals surface area (Å²) >= 11 is 3.40. The van der Waals surface area contributed by atoms with Crippen LogP contribution in [0.2, 0.25) is 0 Å². The number of carbonyl (C=O) groups is 1. The predicted octanol–water partition coefficient (Wildman–Crippen LogP) is 4.24. The quantitative estimate of drug-likeness (QED) is 0.752. The number of hydrogen-bond donors (Lipinski definition) is 0. The highest BCUT2D eigenvalue weighted by molar-refractivity contribution is 9.10.